The van der Waals surface area contributed by atoms with E-state index in [-0.39, 0.29) is 23.8 Å². The van der Waals surface area contributed by atoms with Crippen molar-refractivity contribution >= 4 is 23.4 Å². The lowest BCUT2D eigenvalue weighted by atomic mass is 10.0. The molecule has 2 unspecified atom stereocenters. The topological polar surface area (TPSA) is 62.2 Å². The molecule has 1 fully saturated rings. The van der Waals surface area contributed by atoms with Crippen LogP contribution in [0, 0.1) is 5.82 Å². The number of aliphatic hydroxyl groups excluding tert-OH is 1. The molecular weight excluding hydrogens is 363 g/mol. The van der Waals surface area contributed by atoms with Crippen LogP contribution in [0.5, 0.6) is 5.75 Å². The van der Waals surface area contributed by atoms with E-state index in [1.807, 2.05) is 25.7 Å². The van der Waals surface area contributed by atoms with Gasteiger partial charge in [-0.15, -0.1) is 0 Å². The molecule has 1 N–H and O–H groups in total. The lowest BCUT2D eigenvalue weighted by molar-refractivity contribution is 0.0197. The van der Waals surface area contributed by atoms with Crippen LogP contribution >= 0.6 is 11.6 Å². The molecule has 1 aromatic rings. The molecule has 0 aromatic heterocycles. The summed E-state index contributed by atoms with van der Waals surface area (Å²) in [5.74, 6) is -0.0755. The summed E-state index contributed by atoms with van der Waals surface area (Å²) in [6.07, 6.45) is -0.367. The van der Waals surface area contributed by atoms with Crippen LogP contribution in [0.3, 0.4) is 0 Å². The highest BCUT2D eigenvalue weighted by atomic mass is 35.5. The molecule has 1 aromatic carbocycles. The Morgan fingerprint density at radius 2 is 2.15 bits per heavy atom. The van der Waals surface area contributed by atoms with Crippen molar-refractivity contribution in [1.29, 1.82) is 0 Å². The van der Waals surface area contributed by atoms with E-state index in [2.05, 4.69) is 0 Å². The molecule has 2 aliphatic rings. The van der Waals surface area contributed by atoms with Crippen molar-refractivity contribution in [2.45, 2.75) is 44.9 Å². The first-order valence-electron chi connectivity index (χ1n) is 8.69. The molecule has 2 aliphatic heterocycles. The first kappa shape index (κ1) is 19.0. The third-order valence-corrected chi connectivity index (χ3v) is 4.74. The van der Waals surface area contributed by atoms with Gasteiger partial charge in [0.25, 0.3) is 0 Å². The molecule has 1 saturated heterocycles. The number of carbonyl (C=O) groups is 1. The van der Waals surface area contributed by atoms with Crippen LogP contribution in [0.25, 0.3) is 0 Å². The predicted octanol–water partition coefficient (Wildman–Crippen LogP) is 3.05. The molecule has 0 saturated carbocycles. The van der Waals surface area contributed by atoms with Crippen LogP contribution in [-0.4, -0.2) is 60.1 Å². The van der Waals surface area contributed by atoms with Gasteiger partial charge < -0.3 is 24.4 Å². The number of hydrogen-bond acceptors (Lipinski definition) is 5. The van der Waals surface area contributed by atoms with E-state index in [1.165, 1.54) is 12.1 Å². The van der Waals surface area contributed by atoms with E-state index in [4.69, 9.17) is 21.1 Å². The van der Waals surface area contributed by atoms with E-state index in [1.54, 1.807) is 4.90 Å². The zero-order valence-corrected chi connectivity index (χ0v) is 15.9. The summed E-state index contributed by atoms with van der Waals surface area (Å²) in [5, 5.41) is 9.81. The molecule has 144 valence electrons. The Morgan fingerprint density at radius 1 is 1.42 bits per heavy atom. The number of anilines is 1. The minimum Gasteiger partial charge on any atom is -0.484 e. The Morgan fingerprint density at radius 3 is 2.81 bits per heavy atom. The average Bonchev–Trinajstić information content (AvgIpc) is 2.69. The minimum absolute atomic E-state index is 0.132. The van der Waals surface area contributed by atoms with Crippen molar-refractivity contribution in [2.24, 2.45) is 0 Å². The lowest BCUT2D eigenvalue weighted by Gasteiger charge is -2.42. The highest BCUT2D eigenvalue weighted by molar-refractivity contribution is 6.32. The fourth-order valence-electron chi connectivity index (χ4n) is 3.37. The standard InChI is InChI=1S/C18H24ClFN2O4/c1-18(2,3)26-17(24)21-4-5-22-12(9-21)8-13(10-23)25-16-14(19)6-11(20)7-15(16)22/h6-7,12-13,23H,4-5,8-10H2,1-3H3. The summed E-state index contributed by atoms with van der Waals surface area (Å²) >= 11 is 6.17. The van der Waals surface area contributed by atoms with E-state index >= 15 is 0 Å². The second kappa shape index (κ2) is 7.12. The third kappa shape index (κ3) is 3.99. The normalized spacial score (nSPS) is 22.8. The molecule has 3 rings (SSSR count). The van der Waals surface area contributed by atoms with Crippen LogP contribution in [0.2, 0.25) is 5.02 Å². The van der Waals surface area contributed by atoms with Crippen molar-refractivity contribution in [3.63, 3.8) is 0 Å². The Labute approximate surface area is 157 Å². The molecule has 0 radical (unpaired) electrons. The van der Waals surface area contributed by atoms with Crippen molar-refractivity contribution in [3.8, 4) is 5.75 Å². The van der Waals surface area contributed by atoms with E-state index in [0.717, 1.165) is 0 Å². The van der Waals surface area contributed by atoms with Gasteiger partial charge in [-0.1, -0.05) is 11.6 Å². The molecule has 0 aliphatic carbocycles. The number of amides is 1. The number of benzene rings is 1. The molecule has 26 heavy (non-hydrogen) atoms. The molecule has 1 amide bonds. The van der Waals surface area contributed by atoms with Crippen molar-refractivity contribution in [2.75, 3.05) is 31.1 Å². The van der Waals surface area contributed by atoms with Gasteiger partial charge in [-0.05, 0) is 26.8 Å². The van der Waals surface area contributed by atoms with Gasteiger partial charge in [-0.3, -0.25) is 0 Å². The second-order valence-corrected chi connectivity index (χ2v) is 8.07. The molecule has 0 spiro atoms. The fraction of sp³-hybridized carbons (Fsp3) is 0.611. The first-order valence-corrected chi connectivity index (χ1v) is 9.07. The zero-order valence-electron chi connectivity index (χ0n) is 15.2. The maximum absolute atomic E-state index is 13.9. The molecule has 0 bridgehead atoms. The number of piperazine rings is 1. The van der Waals surface area contributed by atoms with E-state index in [9.17, 15) is 14.3 Å². The smallest absolute Gasteiger partial charge is 0.410 e. The van der Waals surface area contributed by atoms with Crippen molar-refractivity contribution in [1.82, 2.24) is 4.90 Å². The number of nitrogens with zero attached hydrogens (tertiary/aromatic N) is 2. The Hall–Kier alpha value is -1.73. The zero-order chi connectivity index (χ0) is 19.1. The number of rotatable bonds is 1. The van der Waals surface area contributed by atoms with E-state index < -0.39 is 17.5 Å². The van der Waals surface area contributed by atoms with Crippen molar-refractivity contribution < 1.29 is 23.8 Å². The SMILES string of the molecule is CC(C)(C)OC(=O)N1CCN2c3cc(F)cc(Cl)c3OC(CO)CC2C1. The summed E-state index contributed by atoms with van der Waals surface area (Å²) in [7, 11) is 0. The maximum Gasteiger partial charge on any atom is 0.410 e. The van der Waals surface area contributed by atoms with Gasteiger partial charge in [-0.25, -0.2) is 9.18 Å². The molecular formula is C18H24ClFN2O4. The van der Waals surface area contributed by atoms with Gasteiger partial charge in [0.1, 0.15) is 17.5 Å². The van der Waals surface area contributed by atoms with E-state index in [0.29, 0.717) is 37.5 Å². The number of aliphatic hydroxyl groups is 1. The number of ether oxygens (including phenoxy) is 2. The van der Waals surface area contributed by atoms with Gasteiger partial charge in [0.05, 0.1) is 23.4 Å². The number of hydrogen-bond donors (Lipinski definition) is 1. The highest BCUT2D eigenvalue weighted by Gasteiger charge is 2.38. The van der Waals surface area contributed by atoms with Gasteiger partial charge >= 0.3 is 6.09 Å². The number of halogens is 2. The van der Waals surface area contributed by atoms with Crippen molar-refractivity contribution in [3.05, 3.63) is 23.0 Å². The largest absolute Gasteiger partial charge is 0.484 e. The average molecular weight is 387 g/mol. The molecule has 6 nitrogen and oxygen atoms in total. The third-order valence-electron chi connectivity index (χ3n) is 4.46. The first-order chi connectivity index (χ1) is 12.2. The monoisotopic (exact) mass is 386 g/mol. The van der Waals surface area contributed by atoms with Gasteiger partial charge in [0.15, 0.2) is 5.75 Å². The predicted molar refractivity (Wildman–Crippen MR) is 96.5 cm³/mol. The maximum atomic E-state index is 13.9. The Balaban J connectivity index is 1.87. The summed E-state index contributed by atoms with van der Waals surface area (Å²) in [6, 6.07) is 2.45. The summed E-state index contributed by atoms with van der Waals surface area (Å²) < 4.78 is 25.2. The summed E-state index contributed by atoms with van der Waals surface area (Å²) in [5.41, 5.74) is -0.0164. The lowest BCUT2D eigenvalue weighted by Crippen LogP contribution is -2.56. The minimum atomic E-state index is -0.572. The molecule has 8 heteroatoms. The quantitative estimate of drug-likeness (QED) is 0.803. The Kier molecular flexibility index (Phi) is 5.21. The fourth-order valence-corrected chi connectivity index (χ4v) is 3.62. The van der Waals surface area contributed by atoms with Crippen LogP contribution in [0.1, 0.15) is 27.2 Å². The van der Waals surface area contributed by atoms with Crippen LogP contribution in [0.4, 0.5) is 14.9 Å². The van der Waals surface area contributed by atoms with Gasteiger partial charge in [0, 0.05) is 32.1 Å². The van der Waals surface area contributed by atoms with Gasteiger partial charge in [-0.2, -0.15) is 0 Å². The summed E-state index contributed by atoms with van der Waals surface area (Å²) in [4.78, 5) is 16.0. The van der Waals surface area contributed by atoms with Crippen LogP contribution < -0.4 is 9.64 Å². The molecule has 2 atom stereocenters. The number of carbonyl (C=O) groups excluding carboxylic acids is 1. The summed E-state index contributed by atoms with van der Waals surface area (Å²) in [6.45, 7) is 6.63. The second-order valence-electron chi connectivity index (χ2n) is 7.67. The Bertz CT molecular complexity index is 695. The highest BCUT2D eigenvalue weighted by Crippen LogP contribution is 2.42. The number of fused-ring (bicyclic) bond motifs is 3. The molecule has 2 heterocycles. The van der Waals surface area contributed by atoms with Crippen LogP contribution in [-0.2, 0) is 4.74 Å². The van der Waals surface area contributed by atoms with Crippen LogP contribution in [0.15, 0.2) is 12.1 Å². The van der Waals surface area contributed by atoms with Gasteiger partial charge in [0.2, 0.25) is 0 Å².